The molecule has 1 fully saturated rings. The fraction of sp³-hybridized carbons (Fsp3) is 0.684. The minimum absolute atomic E-state index is 0.891. The van der Waals surface area contributed by atoms with Crippen LogP contribution < -0.4 is 5.32 Å². The zero-order valence-corrected chi connectivity index (χ0v) is 15.8. The second kappa shape index (κ2) is 8.63. The lowest BCUT2D eigenvalue weighted by Gasteiger charge is -2.26. The molecule has 3 heterocycles. The summed E-state index contributed by atoms with van der Waals surface area (Å²) in [6.45, 7) is 12.4. The van der Waals surface area contributed by atoms with Crippen LogP contribution in [0.4, 0.5) is 5.82 Å². The molecular weight excluding hydrogens is 314 g/mol. The number of unbranched alkanes of at least 4 members (excludes halogenated alkanes) is 2. The lowest BCUT2D eigenvalue weighted by molar-refractivity contribution is 0.0372. The summed E-state index contributed by atoms with van der Waals surface area (Å²) < 4.78 is 7.35. The van der Waals surface area contributed by atoms with Crippen LogP contribution >= 0.6 is 0 Å². The third kappa shape index (κ3) is 4.50. The Morgan fingerprint density at radius 3 is 2.72 bits per heavy atom. The number of rotatable bonds is 8. The zero-order valence-electron chi connectivity index (χ0n) is 15.8. The zero-order chi connectivity index (χ0) is 17.6. The average Bonchev–Trinajstić information content (AvgIpc) is 2.93. The molecule has 0 aliphatic carbocycles. The summed E-state index contributed by atoms with van der Waals surface area (Å²) in [7, 11) is 0. The van der Waals surface area contributed by atoms with Gasteiger partial charge in [-0.1, -0.05) is 13.3 Å². The maximum atomic E-state index is 5.39. The summed E-state index contributed by atoms with van der Waals surface area (Å²) in [6.07, 6.45) is 4.62. The van der Waals surface area contributed by atoms with Crippen LogP contribution in [0.5, 0.6) is 0 Å². The standard InChI is InChI=1S/C19H31N5O/c1-4-17-14-18(24-19(21-17)15(2)16(3)22-24)20-8-6-5-7-9-23-10-12-25-13-11-23/h14,20H,4-13H2,1-3H3. The molecule has 0 radical (unpaired) electrons. The summed E-state index contributed by atoms with van der Waals surface area (Å²) in [5, 5.41) is 8.21. The molecule has 3 rings (SSSR count). The summed E-state index contributed by atoms with van der Waals surface area (Å²) >= 11 is 0. The molecule has 0 unspecified atom stereocenters. The number of hydrogen-bond donors (Lipinski definition) is 1. The second-order valence-electron chi connectivity index (χ2n) is 6.87. The van der Waals surface area contributed by atoms with Crippen LogP contribution in [0.2, 0.25) is 0 Å². The van der Waals surface area contributed by atoms with Crippen LogP contribution in [0.1, 0.15) is 43.1 Å². The molecule has 6 nitrogen and oxygen atoms in total. The maximum absolute atomic E-state index is 5.39. The van der Waals surface area contributed by atoms with Gasteiger partial charge in [0.2, 0.25) is 0 Å². The van der Waals surface area contributed by atoms with Crippen molar-refractivity contribution >= 4 is 11.5 Å². The van der Waals surface area contributed by atoms with Crippen LogP contribution in [0.15, 0.2) is 6.07 Å². The number of morpholine rings is 1. The van der Waals surface area contributed by atoms with Gasteiger partial charge in [0, 0.05) is 37.0 Å². The van der Waals surface area contributed by atoms with Crippen molar-refractivity contribution < 1.29 is 4.74 Å². The van der Waals surface area contributed by atoms with Gasteiger partial charge in [0.15, 0.2) is 5.65 Å². The van der Waals surface area contributed by atoms with Gasteiger partial charge in [-0.25, -0.2) is 4.98 Å². The second-order valence-corrected chi connectivity index (χ2v) is 6.87. The van der Waals surface area contributed by atoms with Crippen LogP contribution in [0.3, 0.4) is 0 Å². The molecule has 0 atom stereocenters. The highest BCUT2D eigenvalue weighted by atomic mass is 16.5. The maximum Gasteiger partial charge on any atom is 0.160 e. The Morgan fingerprint density at radius 1 is 1.16 bits per heavy atom. The van der Waals surface area contributed by atoms with Crippen LogP contribution in [-0.2, 0) is 11.2 Å². The average molecular weight is 345 g/mol. The normalized spacial score (nSPS) is 15.8. The van der Waals surface area contributed by atoms with E-state index in [1.165, 1.54) is 31.4 Å². The van der Waals surface area contributed by atoms with E-state index in [0.717, 1.165) is 62.1 Å². The molecule has 0 aromatic carbocycles. The van der Waals surface area contributed by atoms with E-state index in [2.05, 4.69) is 35.2 Å². The van der Waals surface area contributed by atoms with Gasteiger partial charge in [0.25, 0.3) is 0 Å². The molecule has 6 heteroatoms. The van der Waals surface area contributed by atoms with Crippen LogP contribution in [-0.4, -0.2) is 58.9 Å². The predicted octanol–water partition coefficient (Wildman–Crippen LogP) is 2.82. The first-order chi connectivity index (χ1) is 12.2. The van der Waals surface area contributed by atoms with E-state index in [1.807, 2.05) is 11.4 Å². The third-order valence-electron chi connectivity index (χ3n) is 5.03. The molecule has 2 aromatic rings. The van der Waals surface area contributed by atoms with E-state index in [9.17, 15) is 0 Å². The van der Waals surface area contributed by atoms with E-state index in [0.29, 0.717) is 0 Å². The number of nitrogens with one attached hydrogen (secondary N) is 1. The quantitative estimate of drug-likeness (QED) is 0.746. The molecule has 138 valence electrons. The fourth-order valence-corrected chi connectivity index (χ4v) is 3.26. The number of ether oxygens (including phenoxy) is 1. The van der Waals surface area contributed by atoms with Crippen molar-refractivity contribution in [2.45, 2.75) is 46.5 Å². The number of aryl methyl sites for hydroxylation is 3. The van der Waals surface area contributed by atoms with Crippen molar-refractivity contribution in [2.75, 3.05) is 44.7 Å². The molecule has 1 aliphatic rings. The number of anilines is 1. The molecule has 2 aromatic heterocycles. The van der Waals surface area contributed by atoms with Crippen molar-refractivity contribution in [3.8, 4) is 0 Å². The third-order valence-corrected chi connectivity index (χ3v) is 5.03. The highest BCUT2D eigenvalue weighted by Crippen LogP contribution is 2.19. The van der Waals surface area contributed by atoms with Crippen molar-refractivity contribution in [2.24, 2.45) is 0 Å². The van der Waals surface area contributed by atoms with Crippen molar-refractivity contribution in [1.82, 2.24) is 19.5 Å². The first-order valence-electron chi connectivity index (χ1n) is 9.59. The lowest BCUT2D eigenvalue weighted by atomic mass is 10.2. The highest BCUT2D eigenvalue weighted by Gasteiger charge is 2.12. The minimum atomic E-state index is 0.891. The van der Waals surface area contributed by atoms with Crippen LogP contribution in [0, 0.1) is 13.8 Å². The van der Waals surface area contributed by atoms with Gasteiger partial charge in [0.05, 0.1) is 18.9 Å². The van der Waals surface area contributed by atoms with Crippen LogP contribution in [0.25, 0.3) is 5.65 Å². The first-order valence-corrected chi connectivity index (χ1v) is 9.59. The molecule has 0 bridgehead atoms. The summed E-state index contributed by atoms with van der Waals surface area (Å²) in [6, 6.07) is 2.13. The van der Waals surface area contributed by atoms with Gasteiger partial charge < -0.3 is 10.1 Å². The number of hydrogen-bond acceptors (Lipinski definition) is 5. The largest absolute Gasteiger partial charge is 0.379 e. The molecule has 0 saturated carbocycles. The van der Waals surface area contributed by atoms with Gasteiger partial charge in [0.1, 0.15) is 5.82 Å². The fourth-order valence-electron chi connectivity index (χ4n) is 3.26. The van der Waals surface area contributed by atoms with Gasteiger partial charge >= 0.3 is 0 Å². The minimum Gasteiger partial charge on any atom is -0.379 e. The number of fused-ring (bicyclic) bond motifs is 1. The first kappa shape index (κ1) is 18.1. The molecule has 0 amide bonds. The Bertz CT molecular complexity index is 691. The monoisotopic (exact) mass is 345 g/mol. The Morgan fingerprint density at radius 2 is 1.96 bits per heavy atom. The van der Waals surface area contributed by atoms with Gasteiger partial charge in [-0.05, 0) is 39.7 Å². The summed E-state index contributed by atoms with van der Waals surface area (Å²) in [5.41, 5.74) is 4.31. The van der Waals surface area contributed by atoms with Crippen molar-refractivity contribution in [1.29, 1.82) is 0 Å². The molecule has 25 heavy (non-hydrogen) atoms. The highest BCUT2D eigenvalue weighted by molar-refractivity contribution is 5.56. The Hall–Kier alpha value is -1.66. The lowest BCUT2D eigenvalue weighted by Crippen LogP contribution is -2.36. The predicted molar refractivity (Wildman–Crippen MR) is 101 cm³/mol. The smallest absolute Gasteiger partial charge is 0.160 e. The molecule has 1 saturated heterocycles. The molecule has 1 aliphatic heterocycles. The van der Waals surface area contributed by atoms with Gasteiger partial charge in [-0.15, -0.1) is 0 Å². The van der Waals surface area contributed by atoms with Crippen molar-refractivity contribution in [3.63, 3.8) is 0 Å². The Balaban J connectivity index is 1.50. The van der Waals surface area contributed by atoms with Gasteiger partial charge in [-0.2, -0.15) is 9.61 Å². The van der Waals surface area contributed by atoms with E-state index in [4.69, 9.17) is 9.72 Å². The molecule has 0 spiro atoms. The molecule has 1 N–H and O–H groups in total. The molecular formula is C19H31N5O. The van der Waals surface area contributed by atoms with E-state index in [1.54, 1.807) is 0 Å². The van der Waals surface area contributed by atoms with Crippen molar-refractivity contribution in [3.05, 3.63) is 23.0 Å². The Labute approximate surface area is 150 Å². The summed E-state index contributed by atoms with van der Waals surface area (Å²) in [4.78, 5) is 7.24. The topological polar surface area (TPSA) is 54.7 Å². The van der Waals surface area contributed by atoms with Gasteiger partial charge in [-0.3, -0.25) is 4.90 Å². The SMILES string of the molecule is CCc1cc(NCCCCCN2CCOCC2)n2nc(C)c(C)c2n1. The number of nitrogens with zero attached hydrogens (tertiary/aromatic N) is 4. The Kier molecular flexibility index (Phi) is 6.26. The summed E-state index contributed by atoms with van der Waals surface area (Å²) in [5.74, 6) is 1.06. The van der Waals surface area contributed by atoms with E-state index >= 15 is 0 Å². The number of aromatic nitrogens is 3. The van der Waals surface area contributed by atoms with E-state index in [-0.39, 0.29) is 0 Å². The van der Waals surface area contributed by atoms with E-state index < -0.39 is 0 Å².